The van der Waals surface area contributed by atoms with E-state index in [1.807, 2.05) is 50.2 Å². The lowest BCUT2D eigenvalue weighted by molar-refractivity contribution is 0.0953. The lowest BCUT2D eigenvalue weighted by Gasteiger charge is -2.16. The van der Waals surface area contributed by atoms with Gasteiger partial charge >= 0.3 is 0 Å². The molecule has 0 radical (unpaired) electrons. The van der Waals surface area contributed by atoms with Crippen LogP contribution in [-0.4, -0.2) is 12.5 Å². The molecule has 1 N–H and O–H groups in total. The van der Waals surface area contributed by atoms with Crippen LogP contribution in [0, 0.1) is 0 Å². The van der Waals surface area contributed by atoms with Crippen molar-refractivity contribution < 1.29 is 9.53 Å². The number of amides is 1. The average Bonchev–Trinajstić information content (AvgIpc) is 2.53. The molecule has 0 saturated heterocycles. The van der Waals surface area contributed by atoms with Crippen LogP contribution in [0.15, 0.2) is 48.5 Å². The van der Waals surface area contributed by atoms with Crippen molar-refractivity contribution in [3.63, 3.8) is 0 Å². The van der Waals surface area contributed by atoms with Gasteiger partial charge in [-0.1, -0.05) is 36.7 Å². The molecule has 0 aliphatic carbocycles. The molecule has 0 aliphatic heterocycles. The van der Waals surface area contributed by atoms with Crippen LogP contribution in [0.25, 0.3) is 0 Å². The first-order chi connectivity index (χ1) is 10.6. The summed E-state index contributed by atoms with van der Waals surface area (Å²) in [4.78, 5) is 12.0. The third kappa shape index (κ3) is 4.50. The van der Waals surface area contributed by atoms with Gasteiger partial charge in [-0.3, -0.25) is 4.79 Å². The van der Waals surface area contributed by atoms with E-state index in [0.717, 1.165) is 12.0 Å². The monoisotopic (exact) mass is 317 g/mol. The number of nitrogens with one attached hydrogen (secondary N) is 1. The molecule has 1 atom stereocenters. The topological polar surface area (TPSA) is 38.3 Å². The van der Waals surface area contributed by atoms with E-state index >= 15 is 0 Å². The van der Waals surface area contributed by atoms with Crippen LogP contribution in [0.3, 0.4) is 0 Å². The quantitative estimate of drug-likeness (QED) is 0.844. The zero-order valence-corrected chi connectivity index (χ0v) is 13.6. The summed E-state index contributed by atoms with van der Waals surface area (Å²) >= 11 is 5.89. The Morgan fingerprint density at radius 3 is 2.64 bits per heavy atom. The highest BCUT2D eigenvalue weighted by Gasteiger charge is 2.10. The maximum Gasteiger partial charge on any atom is 0.251 e. The van der Waals surface area contributed by atoms with Gasteiger partial charge in [0.15, 0.2) is 0 Å². The second-order valence-corrected chi connectivity index (χ2v) is 5.53. The van der Waals surface area contributed by atoms with Gasteiger partial charge in [0.25, 0.3) is 5.91 Å². The van der Waals surface area contributed by atoms with Crippen molar-refractivity contribution in [2.75, 3.05) is 6.54 Å². The Morgan fingerprint density at radius 1 is 1.23 bits per heavy atom. The summed E-state index contributed by atoms with van der Waals surface area (Å²) in [5.41, 5.74) is 1.64. The van der Waals surface area contributed by atoms with Crippen molar-refractivity contribution >= 4 is 17.5 Å². The second kappa shape index (κ2) is 7.85. The van der Waals surface area contributed by atoms with Crippen LogP contribution in [0.5, 0.6) is 5.75 Å². The van der Waals surface area contributed by atoms with Crippen LogP contribution < -0.4 is 10.1 Å². The SMILES string of the molecule is CCCNC(=O)c1cccc(OC(C)c2ccc(Cl)cc2)c1. The minimum absolute atomic E-state index is 0.0774. The van der Waals surface area contributed by atoms with Gasteiger partial charge < -0.3 is 10.1 Å². The van der Waals surface area contributed by atoms with Crippen LogP contribution >= 0.6 is 11.6 Å². The molecule has 0 aromatic heterocycles. The minimum Gasteiger partial charge on any atom is -0.486 e. The molecule has 0 saturated carbocycles. The summed E-state index contributed by atoms with van der Waals surface area (Å²) in [6.07, 6.45) is 0.793. The van der Waals surface area contributed by atoms with Crippen molar-refractivity contribution in [1.82, 2.24) is 5.32 Å². The predicted molar refractivity (Wildman–Crippen MR) is 89.6 cm³/mol. The fraction of sp³-hybridized carbons (Fsp3) is 0.278. The van der Waals surface area contributed by atoms with Crippen LogP contribution in [0.2, 0.25) is 5.02 Å². The Balaban J connectivity index is 2.06. The van der Waals surface area contributed by atoms with E-state index in [-0.39, 0.29) is 12.0 Å². The highest BCUT2D eigenvalue weighted by Crippen LogP contribution is 2.23. The fourth-order valence-corrected chi connectivity index (χ4v) is 2.18. The molecule has 2 aromatic carbocycles. The largest absolute Gasteiger partial charge is 0.486 e. The lowest BCUT2D eigenvalue weighted by Crippen LogP contribution is -2.23. The van der Waals surface area contributed by atoms with Crippen LogP contribution in [0.1, 0.15) is 42.3 Å². The number of carbonyl (C=O) groups excluding carboxylic acids is 1. The number of hydrogen-bond acceptors (Lipinski definition) is 2. The molecule has 1 amide bonds. The fourth-order valence-electron chi connectivity index (χ4n) is 2.06. The number of rotatable bonds is 6. The zero-order chi connectivity index (χ0) is 15.9. The Labute approximate surface area is 136 Å². The van der Waals surface area contributed by atoms with Crippen molar-refractivity contribution in [3.8, 4) is 5.75 Å². The third-order valence-electron chi connectivity index (χ3n) is 3.28. The third-order valence-corrected chi connectivity index (χ3v) is 3.54. The predicted octanol–water partition coefficient (Wildman–Crippen LogP) is 4.62. The van der Waals surface area contributed by atoms with Gasteiger partial charge in [-0.25, -0.2) is 0 Å². The molecule has 2 rings (SSSR count). The van der Waals surface area contributed by atoms with Gasteiger partial charge in [0.2, 0.25) is 0 Å². The highest BCUT2D eigenvalue weighted by atomic mass is 35.5. The van der Waals surface area contributed by atoms with Gasteiger partial charge in [-0.2, -0.15) is 0 Å². The standard InChI is InChI=1S/C18H20ClNO2/c1-3-11-20-18(21)15-5-4-6-17(12-15)22-13(2)14-7-9-16(19)10-8-14/h4-10,12-13H,3,11H2,1-2H3,(H,20,21). The highest BCUT2D eigenvalue weighted by molar-refractivity contribution is 6.30. The molecule has 0 spiro atoms. The van der Waals surface area contributed by atoms with E-state index in [2.05, 4.69) is 5.32 Å². The molecule has 0 aliphatic rings. The summed E-state index contributed by atoms with van der Waals surface area (Å²) in [6.45, 7) is 4.66. The number of carbonyl (C=O) groups is 1. The van der Waals surface area contributed by atoms with Crippen molar-refractivity contribution in [2.45, 2.75) is 26.4 Å². The molecule has 0 bridgehead atoms. The van der Waals surface area contributed by atoms with E-state index in [4.69, 9.17) is 16.3 Å². The molecular weight excluding hydrogens is 298 g/mol. The number of ether oxygens (including phenoxy) is 1. The van der Waals surface area contributed by atoms with Crippen molar-refractivity contribution in [3.05, 3.63) is 64.7 Å². The molecule has 0 fully saturated rings. The minimum atomic E-state index is -0.119. The average molecular weight is 318 g/mol. The van der Waals surface area contributed by atoms with E-state index in [1.54, 1.807) is 12.1 Å². The number of hydrogen-bond donors (Lipinski definition) is 1. The molecule has 116 valence electrons. The second-order valence-electron chi connectivity index (χ2n) is 5.10. The first kappa shape index (κ1) is 16.4. The van der Waals surface area contributed by atoms with E-state index in [1.165, 1.54) is 0 Å². The molecule has 3 nitrogen and oxygen atoms in total. The first-order valence-electron chi connectivity index (χ1n) is 7.40. The first-order valence-corrected chi connectivity index (χ1v) is 7.78. The van der Waals surface area contributed by atoms with E-state index < -0.39 is 0 Å². The van der Waals surface area contributed by atoms with Gasteiger partial charge in [0, 0.05) is 17.1 Å². The lowest BCUT2D eigenvalue weighted by atomic mass is 10.1. The Morgan fingerprint density at radius 2 is 1.95 bits per heavy atom. The smallest absolute Gasteiger partial charge is 0.251 e. The Hall–Kier alpha value is -2.00. The van der Waals surface area contributed by atoms with Gasteiger partial charge in [-0.15, -0.1) is 0 Å². The molecular formula is C18H20ClNO2. The van der Waals surface area contributed by atoms with E-state index in [9.17, 15) is 4.79 Å². The number of halogens is 1. The van der Waals surface area contributed by atoms with E-state index in [0.29, 0.717) is 22.9 Å². The normalized spacial score (nSPS) is 11.8. The van der Waals surface area contributed by atoms with Crippen LogP contribution in [-0.2, 0) is 0 Å². The maximum atomic E-state index is 12.0. The Bertz CT molecular complexity index is 625. The van der Waals surface area contributed by atoms with Crippen molar-refractivity contribution in [2.24, 2.45) is 0 Å². The summed E-state index contributed by atoms with van der Waals surface area (Å²) in [7, 11) is 0. The molecule has 1 unspecified atom stereocenters. The Kier molecular flexibility index (Phi) is 5.84. The maximum absolute atomic E-state index is 12.0. The van der Waals surface area contributed by atoms with Gasteiger partial charge in [0.1, 0.15) is 11.9 Å². The summed E-state index contributed by atoms with van der Waals surface area (Å²) < 4.78 is 5.91. The molecule has 4 heteroatoms. The molecule has 22 heavy (non-hydrogen) atoms. The molecule has 2 aromatic rings. The molecule has 0 heterocycles. The zero-order valence-electron chi connectivity index (χ0n) is 12.8. The number of benzene rings is 2. The van der Waals surface area contributed by atoms with Gasteiger partial charge in [0.05, 0.1) is 0 Å². The van der Waals surface area contributed by atoms with Gasteiger partial charge in [-0.05, 0) is 49.2 Å². The summed E-state index contributed by atoms with van der Waals surface area (Å²) in [5, 5.41) is 3.56. The van der Waals surface area contributed by atoms with Crippen LogP contribution in [0.4, 0.5) is 0 Å². The van der Waals surface area contributed by atoms with Crippen molar-refractivity contribution in [1.29, 1.82) is 0 Å². The summed E-state index contributed by atoms with van der Waals surface area (Å²) in [6, 6.07) is 14.8. The summed E-state index contributed by atoms with van der Waals surface area (Å²) in [5.74, 6) is 0.595.